The van der Waals surface area contributed by atoms with Crippen molar-refractivity contribution in [2.75, 3.05) is 30.4 Å². The fourth-order valence-corrected chi connectivity index (χ4v) is 2.75. The lowest BCUT2D eigenvalue weighted by Gasteiger charge is -2.39. The molecule has 20 heavy (non-hydrogen) atoms. The summed E-state index contributed by atoms with van der Waals surface area (Å²) in [6.45, 7) is 9.05. The lowest BCUT2D eigenvalue weighted by atomic mass is 9.92. The average molecular weight is 278 g/mol. The maximum absolute atomic E-state index is 5.18. The molecule has 1 saturated heterocycles. The molecule has 2 unspecified atom stereocenters. The number of rotatable bonds is 5. The molecule has 5 nitrogen and oxygen atoms in total. The van der Waals surface area contributed by atoms with Crippen LogP contribution >= 0.6 is 0 Å². The number of anilines is 2. The molecule has 2 rings (SSSR count). The molecule has 0 aromatic carbocycles. The van der Waals surface area contributed by atoms with Crippen LogP contribution in [0.1, 0.15) is 39.4 Å². The third-order valence-electron chi connectivity index (χ3n) is 4.06. The zero-order chi connectivity index (χ0) is 14.5. The van der Waals surface area contributed by atoms with Crippen molar-refractivity contribution in [2.45, 2.75) is 46.3 Å². The molecule has 1 aromatic heterocycles. The van der Waals surface area contributed by atoms with Crippen molar-refractivity contribution in [2.24, 2.45) is 5.92 Å². The number of piperidine rings is 1. The highest BCUT2D eigenvalue weighted by molar-refractivity contribution is 5.50. The van der Waals surface area contributed by atoms with Gasteiger partial charge in [-0.3, -0.25) is 0 Å². The standard InChI is InChI=1S/C15H26N4O/c1-5-16-13-9-15(18-14(17-13)10-20-4)19-8-6-7-11(2)12(19)3/h9,11-12H,5-8,10H2,1-4H3,(H,16,17,18). The van der Waals surface area contributed by atoms with E-state index in [-0.39, 0.29) is 0 Å². The average Bonchev–Trinajstić information content (AvgIpc) is 2.42. The normalized spacial score (nSPS) is 22.9. The van der Waals surface area contributed by atoms with Gasteiger partial charge in [-0.1, -0.05) is 6.92 Å². The molecule has 0 amide bonds. The van der Waals surface area contributed by atoms with Crippen molar-refractivity contribution in [1.29, 1.82) is 0 Å². The number of hydrogen-bond acceptors (Lipinski definition) is 5. The molecule has 0 radical (unpaired) electrons. The van der Waals surface area contributed by atoms with E-state index in [1.165, 1.54) is 12.8 Å². The Bertz CT molecular complexity index is 414. The van der Waals surface area contributed by atoms with E-state index in [0.717, 1.165) is 30.5 Å². The van der Waals surface area contributed by atoms with Gasteiger partial charge in [0.1, 0.15) is 18.2 Å². The third kappa shape index (κ3) is 3.39. The summed E-state index contributed by atoms with van der Waals surface area (Å²) in [6.07, 6.45) is 2.53. The van der Waals surface area contributed by atoms with Crippen molar-refractivity contribution in [3.05, 3.63) is 11.9 Å². The van der Waals surface area contributed by atoms with Crippen molar-refractivity contribution in [3.8, 4) is 0 Å². The minimum Gasteiger partial charge on any atom is -0.377 e. The maximum atomic E-state index is 5.18. The predicted octanol–water partition coefficient (Wildman–Crippen LogP) is 2.68. The second kappa shape index (κ2) is 6.88. The van der Waals surface area contributed by atoms with E-state index in [9.17, 15) is 0 Å². The van der Waals surface area contributed by atoms with Gasteiger partial charge in [-0.25, -0.2) is 9.97 Å². The second-order valence-electron chi connectivity index (χ2n) is 5.54. The van der Waals surface area contributed by atoms with Crippen LogP contribution in [0, 0.1) is 5.92 Å². The lowest BCUT2D eigenvalue weighted by Crippen LogP contribution is -2.43. The Hall–Kier alpha value is -1.36. The Balaban J connectivity index is 2.28. The van der Waals surface area contributed by atoms with Crippen LogP contribution in [0.25, 0.3) is 0 Å². The van der Waals surface area contributed by atoms with Crippen LogP contribution < -0.4 is 10.2 Å². The molecule has 5 heteroatoms. The van der Waals surface area contributed by atoms with Gasteiger partial charge < -0.3 is 15.0 Å². The Morgan fingerprint density at radius 2 is 2.20 bits per heavy atom. The fraction of sp³-hybridized carbons (Fsp3) is 0.733. The molecule has 2 atom stereocenters. The summed E-state index contributed by atoms with van der Waals surface area (Å²) in [7, 11) is 1.68. The van der Waals surface area contributed by atoms with E-state index in [1.807, 2.05) is 0 Å². The van der Waals surface area contributed by atoms with E-state index >= 15 is 0 Å². The zero-order valence-electron chi connectivity index (χ0n) is 13.0. The number of methoxy groups -OCH3 is 1. The molecule has 0 aliphatic carbocycles. The summed E-state index contributed by atoms with van der Waals surface area (Å²) in [5, 5.41) is 3.28. The van der Waals surface area contributed by atoms with E-state index < -0.39 is 0 Å². The van der Waals surface area contributed by atoms with Crippen LogP contribution in [0.4, 0.5) is 11.6 Å². The number of nitrogens with one attached hydrogen (secondary N) is 1. The summed E-state index contributed by atoms with van der Waals surface area (Å²) in [4.78, 5) is 11.5. The highest BCUT2D eigenvalue weighted by atomic mass is 16.5. The monoisotopic (exact) mass is 278 g/mol. The van der Waals surface area contributed by atoms with Gasteiger partial charge in [0.2, 0.25) is 0 Å². The Labute approximate surface area is 121 Å². The highest BCUT2D eigenvalue weighted by Gasteiger charge is 2.26. The molecule has 1 aromatic rings. The topological polar surface area (TPSA) is 50.3 Å². The van der Waals surface area contributed by atoms with Crippen LogP contribution in [0.3, 0.4) is 0 Å². The Kier molecular flexibility index (Phi) is 5.17. The number of ether oxygens (including phenoxy) is 1. The van der Waals surface area contributed by atoms with E-state index in [4.69, 9.17) is 4.74 Å². The molecule has 0 bridgehead atoms. The molecule has 1 aliphatic heterocycles. The fourth-order valence-electron chi connectivity index (χ4n) is 2.75. The predicted molar refractivity (Wildman–Crippen MR) is 82.1 cm³/mol. The van der Waals surface area contributed by atoms with Gasteiger partial charge in [-0.05, 0) is 32.6 Å². The highest BCUT2D eigenvalue weighted by Crippen LogP contribution is 2.28. The summed E-state index contributed by atoms with van der Waals surface area (Å²) in [5.74, 6) is 3.34. The largest absolute Gasteiger partial charge is 0.377 e. The van der Waals surface area contributed by atoms with Gasteiger partial charge in [0.05, 0.1) is 0 Å². The number of hydrogen-bond donors (Lipinski definition) is 1. The molecule has 2 heterocycles. The molecular formula is C15H26N4O. The summed E-state index contributed by atoms with van der Waals surface area (Å²) in [6, 6.07) is 2.57. The second-order valence-corrected chi connectivity index (χ2v) is 5.54. The number of nitrogens with zero attached hydrogens (tertiary/aromatic N) is 3. The Morgan fingerprint density at radius 3 is 2.90 bits per heavy atom. The summed E-state index contributed by atoms with van der Waals surface area (Å²) < 4.78 is 5.18. The van der Waals surface area contributed by atoms with Crippen molar-refractivity contribution < 1.29 is 4.74 Å². The van der Waals surface area contributed by atoms with Gasteiger partial charge in [0, 0.05) is 32.3 Å². The van der Waals surface area contributed by atoms with Crippen LogP contribution in [0.5, 0.6) is 0 Å². The third-order valence-corrected chi connectivity index (χ3v) is 4.06. The van der Waals surface area contributed by atoms with Crippen LogP contribution in [0.15, 0.2) is 6.07 Å². The molecule has 1 fully saturated rings. The molecule has 112 valence electrons. The van der Waals surface area contributed by atoms with Crippen LogP contribution in [-0.2, 0) is 11.3 Å². The zero-order valence-corrected chi connectivity index (χ0v) is 13.0. The quantitative estimate of drug-likeness (QED) is 0.897. The van der Waals surface area contributed by atoms with Gasteiger partial charge in [-0.15, -0.1) is 0 Å². The summed E-state index contributed by atoms with van der Waals surface area (Å²) >= 11 is 0. The van der Waals surface area contributed by atoms with Crippen LogP contribution in [0.2, 0.25) is 0 Å². The first-order valence-electron chi connectivity index (χ1n) is 7.53. The SMILES string of the molecule is CCNc1cc(N2CCCC(C)C2C)nc(COC)n1. The van der Waals surface area contributed by atoms with Gasteiger partial charge in [-0.2, -0.15) is 0 Å². The van der Waals surface area contributed by atoms with Crippen molar-refractivity contribution in [3.63, 3.8) is 0 Å². The van der Waals surface area contributed by atoms with E-state index in [2.05, 4.69) is 47.0 Å². The molecular weight excluding hydrogens is 252 g/mol. The van der Waals surface area contributed by atoms with Crippen LogP contribution in [-0.4, -0.2) is 36.2 Å². The van der Waals surface area contributed by atoms with Gasteiger partial charge >= 0.3 is 0 Å². The van der Waals surface area contributed by atoms with Crippen molar-refractivity contribution in [1.82, 2.24) is 9.97 Å². The van der Waals surface area contributed by atoms with E-state index in [1.54, 1.807) is 7.11 Å². The van der Waals surface area contributed by atoms with Crippen molar-refractivity contribution >= 4 is 11.6 Å². The minimum absolute atomic E-state index is 0.448. The molecule has 1 aliphatic rings. The number of aromatic nitrogens is 2. The molecule has 0 saturated carbocycles. The summed E-state index contributed by atoms with van der Waals surface area (Å²) in [5.41, 5.74) is 0. The Morgan fingerprint density at radius 1 is 1.40 bits per heavy atom. The maximum Gasteiger partial charge on any atom is 0.158 e. The van der Waals surface area contributed by atoms with Gasteiger partial charge in [0.15, 0.2) is 5.82 Å². The molecule has 1 N–H and O–H groups in total. The molecule has 0 spiro atoms. The smallest absolute Gasteiger partial charge is 0.158 e. The first-order valence-corrected chi connectivity index (χ1v) is 7.53. The minimum atomic E-state index is 0.448. The lowest BCUT2D eigenvalue weighted by molar-refractivity contribution is 0.178. The first kappa shape index (κ1) is 15.0. The van der Waals surface area contributed by atoms with E-state index in [0.29, 0.717) is 18.6 Å². The first-order chi connectivity index (χ1) is 9.65. The van der Waals surface area contributed by atoms with Gasteiger partial charge in [0.25, 0.3) is 0 Å².